The first-order chi connectivity index (χ1) is 7.64. The Morgan fingerprint density at radius 2 is 1.88 bits per heavy atom. The monoisotopic (exact) mass is 260 g/mol. The maximum Gasteiger partial charge on any atom is 0.424 e. The van der Waals surface area contributed by atoms with Crippen LogP contribution in [-0.2, 0) is 6.18 Å². The molecule has 17 heavy (non-hydrogen) atoms. The number of hydrogen-bond donors (Lipinski definition) is 0. The van der Waals surface area contributed by atoms with Crippen LogP contribution in [-0.4, -0.2) is 9.91 Å². The quantitative estimate of drug-likeness (QED) is 0.466. The van der Waals surface area contributed by atoms with Gasteiger partial charge in [0.25, 0.3) is 5.69 Å². The molecule has 0 radical (unpaired) electrons. The van der Waals surface area contributed by atoms with Gasteiger partial charge in [0.1, 0.15) is 0 Å². The Morgan fingerprint density at radius 3 is 2.24 bits per heavy atom. The standard InChI is InChI=1S/C7H2F6N2O2/c8-3-1-2(7(11,12)13)6(15(16)17)14-4(3)5(9)10/h1,5H. The van der Waals surface area contributed by atoms with E-state index in [-0.39, 0.29) is 6.07 Å². The Labute approximate surface area is 89.0 Å². The molecule has 0 fully saturated rings. The van der Waals surface area contributed by atoms with E-state index in [9.17, 15) is 36.5 Å². The Balaban J connectivity index is 3.53. The summed E-state index contributed by atoms with van der Waals surface area (Å²) in [5, 5.41) is 10.2. The van der Waals surface area contributed by atoms with Gasteiger partial charge >= 0.3 is 18.4 Å². The van der Waals surface area contributed by atoms with Gasteiger partial charge in [0.2, 0.25) is 0 Å². The molecule has 0 aliphatic rings. The van der Waals surface area contributed by atoms with Crippen molar-refractivity contribution in [2.24, 2.45) is 0 Å². The zero-order chi connectivity index (χ0) is 13.4. The molecule has 0 atom stereocenters. The fraction of sp³-hybridized carbons (Fsp3) is 0.286. The number of nitrogens with zero attached hydrogens (tertiary/aromatic N) is 2. The lowest BCUT2D eigenvalue weighted by Gasteiger charge is -2.07. The van der Waals surface area contributed by atoms with E-state index in [1.807, 2.05) is 0 Å². The summed E-state index contributed by atoms with van der Waals surface area (Å²) >= 11 is 0. The first-order valence-corrected chi connectivity index (χ1v) is 3.84. The topological polar surface area (TPSA) is 56.0 Å². The second-order valence-corrected chi connectivity index (χ2v) is 2.78. The second-order valence-electron chi connectivity index (χ2n) is 2.78. The minimum absolute atomic E-state index is 0.368. The predicted octanol–water partition coefficient (Wildman–Crippen LogP) is 3.09. The van der Waals surface area contributed by atoms with Crippen LogP contribution in [0.15, 0.2) is 6.07 Å². The molecule has 0 N–H and O–H groups in total. The van der Waals surface area contributed by atoms with Crippen LogP contribution in [0.4, 0.5) is 32.2 Å². The van der Waals surface area contributed by atoms with Crippen LogP contribution in [0.3, 0.4) is 0 Å². The molecule has 0 spiro atoms. The lowest BCUT2D eigenvalue weighted by Crippen LogP contribution is -2.13. The van der Waals surface area contributed by atoms with Crippen molar-refractivity contribution in [1.29, 1.82) is 0 Å². The molecular formula is C7H2F6N2O2. The molecule has 0 aliphatic heterocycles. The van der Waals surface area contributed by atoms with Gasteiger partial charge in [-0.3, -0.25) is 0 Å². The molecule has 1 heterocycles. The number of nitro groups is 1. The molecule has 0 aliphatic carbocycles. The van der Waals surface area contributed by atoms with Crippen LogP contribution in [0.1, 0.15) is 17.7 Å². The molecular weight excluding hydrogens is 258 g/mol. The Hall–Kier alpha value is -1.87. The highest BCUT2D eigenvalue weighted by molar-refractivity contribution is 5.37. The SMILES string of the molecule is O=[N+]([O-])c1nc(C(F)F)c(F)cc1C(F)(F)F. The van der Waals surface area contributed by atoms with Crippen LogP contribution >= 0.6 is 0 Å². The van der Waals surface area contributed by atoms with Gasteiger partial charge < -0.3 is 10.1 Å². The highest BCUT2D eigenvalue weighted by Gasteiger charge is 2.42. The maximum atomic E-state index is 12.8. The highest BCUT2D eigenvalue weighted by atomic mass is 19.4. The van der Waals surface area contributed by atoms with Crippen LogP contribution < -0.4 is 0 Å². The Bertz CT molecular complexity index is 458. The van der Waals surface area contributed by atoms with E-state index in [2.05, 4.69) is 4.98 Å². The Morgan fingerprint density at radius 1 is 1.35 bits per heavy atom. The average molecular weight is 260 g/mol. The summed E-state index contributed by atoms with van der Waals surface area (Å²) in [7, 11) is 0. The third-order valence-corrected chi connectivity index (χ3v) is 1.67. The van der Waals surface area contributed by atoms with Gasteiger partial charge in [-0.1, -0.05) is 0 Å². The summed E-state index contributed by atoms with van der Waals surface area (Å²) in [5.41, 5.74) is -3.70. The van der Waals surface area contributed by atoms with Crippen molar-refractivity contribution in [2.45, 2.75) is 12.6 Å². The maximum absolute atomic E-state index is 12.8. The molecule has 0 amide bonds. The van der Waals surface area contributed by atoms with E-state index in [1.54, 1.807) is 0 Å². The van der Waals surface area contributed by atoms with Gasteiger partial charge in [-0.2, -0.15) is 13.2 Å². The van der Waals surface area contributed by atoms with Gasteiger partial charge in [0, 0.05) is 0 Å². The van der Waals surface area contributed by atoms with Crippen LogP contribution in [0.25, 0.3) is 0 Å². The summed E-state index contributed by atoms with van der Waals surface area (Å²) in [4.78, 5) is 11.0. The van der Waals surface area contributed by atoms with Crippen molar-refractivity contribution >= 4 is 5.82 Å². The third-order valence-electron chi connectivity index (χ3n) is 1.67. The lowest BCUT2D eigenvalue weighted by molar-refractivity contribution is -0.393. The van der Waals surface area contributed by atoms with Crippen molar-refractivity contribution < 1.29 is 31.3 Å². The zero-order valence-corrected chi connectivity index (χ0v) is 7.63. The van der Waals surface area contributed by atoms with Crippen LogP contribution in [0.2, 0.25) is 0 Å². The van der Waals surface area contributed by atoms with Crippen LogP contribution in [0, 0.1) is 15.9 Å². The van der Waals surface area contributed by atoms with Gasteiger partial charge in [-0.15, -0.1) is 0 Å². The summed E-state index contributed by atoms with van der Waals surface area (Å²) in [6.45, 7) is 0. The van der Waals surface area contributed by atoms with E-state index in [4.69, 9.17) is 0 Å². The number of rotatable bonds is 2. The van der Waals surface area contributed by atoms with E-state index in [1.165, 1.54) is 0 Å². The molecule has 94 valence electrons. The molecule has 0 aromatic carbocycles. The van der Waals surface area contributed by atoms with Crippen molar-refractivity contribution in [2.75, 3.05) is 0 Å². The highest BCUT2D eigenvalue weighted by Crippen LogP contribution is 2.37. The van der Waals surface area contributed by atoms with Gasteiger partial charge in [0.05, 0.1) is 0 Å². The molecule has 1 rings (SSSR count). The predicted molar refractivity (Wildman–Crippen MR) is 40.8 cm³/mol. The largest absolute Gasteiger partial charge is 0.424 e. The molecule has 0 saturated heterocycles. The van der Waals surface area contributed by atoms with Gasteiger partial charge in [-0.25, -0.2) is 13.2 Å². The summed E-state index contributed by atoms with van der Waals surface area (Å²) in [6, 6.07) is -0.368. The fourth-order valence-corrected chi connectivity index (χ4v) is 0.994. The number of halogens is 6. The number of hydrogen-bond acceptors (Lipinski definition) is 3. The smallest absolute Gasteiger partial charge is 0.358 e. The van der Waals surface area contributed by atoms with Crippen molar-refractivity contribution in [3.05, 3.63) is 33.3 Å². The van der Waals surface area contributed by atoms with E-state index in [0.717, 1.165) is 0 Å². The number of alkyl halides is 5. The molecule has 1 aromatic rings. The van der Waals surface area contributed by atoms with Crippen LogP contribution in [0.5, 0.6) is 0 Å². The van der Waals surface area contributed by atoms with E-state index < -0.39 is 40.4 Å². The summed E-state index contributed by atoms with van der Waals surface area (Å²) in [6.07, 6.45) is -8.80. The van der Waals surface area contributed by atoms with Crippen molar-refractivity contribution in [3.63, 3.8) is 0 Å². The van der Waals surface area contributed by atoms with E-state index >= 15 is 0 Å². The molecule has 0 saturated carbocycles. The first kappa shape index (κ1) is 13.2. The molecule has 10 heteroatoms. The van der Waals surface area contributed by atoms with Crippen molar-refractivity contribution in [1.82, 2.24) is 4.98 Å². The second kappa shape index (κ2) is 4.18. The summed E-state index contributed by atoms with van der Waals surface area (Å²) in [5.74, 6) is -3.80. The lowest BCUT2D eigenvalue weighted by atomic mass is 10.2. The number of aromatic nitrogens is 1. The average Bonchev–Trinajstić information content (AvgIpc) is 2.14. The minimum Gasteiger partial charge on any atom is -0.358 e. The van der Waals surface area contributed by atoms with Gasteiger partial charge in [0.15, 0.2) is 11.4 Å². The zero-order valence-electron chi connectivity index (χ0n) is 7.63. The molecule has 1 aromatic heterocycles. The molecule has 0 unspecified atom stereocenters. The Kier molecular flexibility index (Phi) is 3.25. The summed E-state index contributed by atoms with van der Waals surface area (Å²) < 4.78 is 73.7. The first-order valence-electron chi connectivity index (χ1n) is 3.84. The number of pyridine rings is 1. The fourth-order valence-electron chi connectivity index (χ4n) is 0.994. The third kappa shape index (κ3) is 2.63. The molecule has 4 nitrogen and oxygen atoms in total. The minimum atomic E-state index is -5.25. The molecule has 0 bridgehead atoms. The van der Waals surface area contributed by atoms with Gasteiger partial charge in [-0.05, 0) is 16.0 Å². The normalized spacial score (nSPS) is 11.9. The van der Waals surface area contributed by atoms with E-state index in [0.29, 0.717) is 0 Å². The van der Waals surface area contributed by atoms with Crippen molar-refractivity contribution in [3.8, 4) is 0 Å².